The number of halogens is 3. The lowest BCUT2D eigenvalue weighted by atomic mass is 9.84. The van der Waals surface area contributed by atoms with Gasteiger partial charge < -0.3 is 4.74 Å². The van der Waals surface area contributed by atoms with Gasteiger partial charge in [-0.2, -0.15) is 13.2 Å². The summed E-state index contributed by atoms with van der Waals surface area (Å²) in [7, 11) is 0. The number of rotatable bonds is 4. The summed E-state index contributed by atoms with van der Waals surface area (Å²) in [4.78, 5) is 11.0. The maximum absolute atomic E-state index is 13.1. The largest absolute Gasteiger partial charge is 0.433 e. The Bertz CT molecular complexity index is 890. The number of hydrogen-bond donors (Lipinski definition) is 0. The van der Waals surface area contributed by atoms with Crippen molar-refractivity contribution in [3.63, 3.8) is 0 Å². The van der Waals surface area contributed by atoms with Crippen LogP contribution in [0.4, 0.5) is 13.2 Å². The Kier molecular flexibility index (Phi) is 6.35. The van der Waals surface area contributed by atoms with Crippen molar-refractivity contribution in [1.82, 2.24) is 24.6 Å². The maximum Gasteiger partial charge on any atom is 0.433 e. The topological polar surface area (TPSA) is 56.1 Å². The Morgan fingerprint density at radius 1 is 1.10 bits per heavy atom. The van der Waals surface area contributed by atoms with Gasteiger partial charge in [0.25, 0.3) is 0 Å². The quantitative estimate of drug-likeness (QED) is 0.695. The van der Waals surface area contributed by atoms with E-state index >= 15 is 0 Å². The van der Waals surface area contributed by atoms with Crippen molar-refractivity contribution in [2.45, 2.75) is 76.7 Å². The number of morpholine rings is 1. The molecule has 0 unspecified atom stereocenters. The minimum absolute atomic E-state index is 0.0686. The van der Waals surface area contributed by atoms with Crippen molar-refractivity contribution in [3.8, 4) is 11.5 Å². The molecule has 2 aromatic rings. The molecule has 6 nitrogen and oxygen atoms in total. The molecule has 1 atom stereocenters. The van der Waals surface area contributed by atoms with Crippen molar-refractivity contribution in [2.24, 2.45) is 0 Å². The number of aromatic nitrogens is 4. The molecule has 0 spiro atoms. The normalized spacial score (nSPS) is 25.8. The third-order valence-corrected chi connectivity index (χ3v) is 6.37. The molecule has 0 amide bonds. The van der Waals surface area contributed by atoms with Crippen LogP contribution in [0.25, 0.3) is 11.5 Å². The van der Waals surface area contributed by atoms with E-state index in [-0.39, 0.29) is 23.5 Å². The van der Waals surface area contributed by atoms with E-state index in [1.807, 2.05) is 18.5 Å². The molecule has 0 N–H and O–H groups in total. The van der Waals surface area contributed by atoms with Crippen LogP contribution in [-0.2, 0) is 10.9 Å². The van der Waals surface area contributed by atoms with Crippen LogP contribution in [0.5, 0.6) is 0 Å². The van der Waals surface area contributed by atoms with Gasteiger partial charge in [-0.05, 0) is 58.6 Å². The van der Waals surface area contributed by atoms with Crippen LogP contribution in [0.2, 0.25) is 0 Å². The molecule has 2 aliphatic rings. The number of hydrogen-bond acceptors (Lipinski definition) is 5. The summed E-state index contributed by atoms with van der Waals surface area (Å²) >= 11 is 0. The summed E-state index contributed by atoms with van der Waals surface area (Å²) < 4.78 is 46.7. The SMILES string of the molecule is CC(C)n1nc(-c2cccc(C(F)(F)F)n2)nc1C1CCC(N2CCOC[C@@H]2C)CC1. The van der Waals surface area contributed by atoms with Gasteiger partial charge >= 0.3 is 6.18 Å². The predicted molar refractivity (Wildman–Crippen MR) is 111 cm³/mol. The van der Waals surface area contributed by atoms with Crippen LogP contribution >= 0.6 is 0 Å². The second-order valence-electron chi connectivity index (χ2n) is 8.90. The minimum Gasteiger partial charge on any atom is -0.379 e. The smallest absolute Gasteiger partial charge is 0.379 e. The van der Waals surface area contributed by atoms with Crippen LogP contribution in [0.15, 0.2) is 18.2 Å². The zero-order chi connectivity index (χ0) is 22.2. The Balaban J connectivity index is 1.54. The van der Waals surface area contributed by atoms with E-state index in [9.17, 15) is 13.2 Å². The molecule has 0 bridgehead atoms. The number of pyridine rings is 1. The molecular weight excluding hydrogens is 407 g/mol. The maximum atomic E-state index is 13.1. The summed E-state index contributed by atoms with van der Waals surface area (Å²) in [6, 6.07) is 4.92. The van der Waals surface area contributed by atoms with Gasteiger partial charge in [0.05, 0.1) is 13.2 Å². The van der Waals surface area contributed by atoms with Crippen LogP contribution in [-0.4, -0.2) is 56.5 Å². The van der Waals surface area contributed by atoms with Crippen LogP contribution < -0.4 is 0 Å². The van der Waals surface area contributed by atoms with Gasteiger partial charge in [0.2, 0.25) is 0 Å². The highest BCUT2D eigenvalue weighted by molar-refractivity contribution is 5.49. The number of alkyl halides is 3. The van der Waals surface area contributed by atoms with Gasteiger partial charge in [-0.3, -0.25) is 4.90 Å². The van der Waals surface area contributed by atoms with Crippen molar-refractivity contribution in [2.75, 3.05) is 19.8 Å². The molecule has 1 aliphatic carbocycles. The fourth-order valence-electron chi connectivity index (χ4n) is 4.77. The zero-order valence-electron chi connectivity index (χ0n) is 18.3. The van der Waals surface area contributed by atoms with Crippen LogP contribution in [0.3, 0.4) is 0 Å². The lowest BCUT2D eigenvalue weighted by Crippen LogP contribution is -2.50. The van der Waals surface area contributed by atoms with Crippen LogP contribution in [0.1, 0.15) is 69.9 Å². The summed E-state index contributed by atoms with van der Waals surface area (Å²) in [5.74, 6) is 1.37. The third kappa shape index (κ3) is 4.77. The first-order chi connectivity index (χ1) is 14.7. The summed E-state index contributed by atoms with van der Waals surface area (Å²) in [5.41, 5.74) is -0.765. The van der Waals surface area contributed by atoms with Gasteiger partial charge in [-0.15, -0.1) is 5.10 Å². The summed E-state index contributed by atoms with van der Waals surface area (Å²) in [6.07, 6.45) is -0.339. The highest BCUT2D eigenvalue weighted by Gasteiger charge is 2.34. The fraction of sp³-hybridized carbons (Fsp3) is 0.682. The van der Waals surface area contributed by atoms with E-state index in [0.717, 1.165) is 57.3 Å². The van der Waals surface area contributed by atoms with Crippen molar-refractivity contribution >= 4 is 0 Å². The first kappa shape index (κ1) is 22.2. The first-order valence-corrected chi connectivity index (χ1v) is 11.1. The van der Waals surface area contributed by atoms with Gasteiger partial charge in [-0.25, -0.2) is 14.6 Å². The van der Waals surface area contributed by atoms with Gasteiger partial charge in [0.1, 0.15) is 17.2 Å². The standard InChI is InChI=1S/C22H30F3N5O/c1-14(2)30-21(16-7-9-17(10-8-16)29-11-12-31-13-15(29)3)27-20(28-30)18-5-4-6-19(26-18)22(23,24)25/h4-6,14-17H,7-13H2,1-3H3/t15-,16?,17?/m0/s1. The lowest BCUT2D eigenvalue weighted by molar-refractivity contribution is -0.141. The summed E-state index contributed by atoms with van der Waals surface area (Å²) in [5, 5.41) is 4.55. The average Bonchev–Trinajstić information content (AvgIpc) is 3.20. The molecule has 2 aromatic heterocycles. The Morgan fingerprint density at radius 2 is 1.84 bits per heavy atom. The molecule has 1 saturated heterocycles. The number of nitrogens with zero attached hydrogens (tertiary/aromatic N) is 5. The average molecular weight is 438 g/mol. The van der Waals surface area contributed by atoms with Crippen molar-refractivity contribution in [1.29, 1.82) is 0 Å². The summed E-state index contributed by atoms with van der Waals surface area (Å²) in [6.45, 7) is 8.80. The van der Waals surface area contributed by atoms with E-state index in [4.69, 9.17) is 4.74 Å². The molecule has 0 radical (unpaired) electrons. The molecule has 170 valence electrons. The van der Waals surface area contributed by atoms with Gasteiger partial charge in [-0.1, -0.05) is 6.07 Å². The number of ether oxygens (including phenoxy) is 1. The molecular formula is C22H30F3N5O. The van der Waals surface area contributed by atoms with E-state index in [1.54, 1.807) is 0 Å². The monoisotopic (exact) mass is 437 g/mol. The third-order valence-electron chi connectivity index (χ3n) is 6.37. The van der Waals surface area contributed by atoms with E-state index in [1.165, 1.54) is 12.1 Å². The Hall–Kier alpha value is -2.00. The molecule has 31 heavy (non-hydrogen) atoms. The molecule has 4 rings (SSSR count). The molecule has 1 saturated carbocycles. The van der Waals surface area contributed by atoms with Crippen LogP contribution in [0, 0.1) is 0 Å². The minimum atomic E-state index is -4.49. The molecule has 0 aromatic carbocycles. The second-order valence-corrected chi connectivity index (χ2v) is 8.90. The highest BCUT2D eigenvalue weighted by atomic mass is 19.4. The molecule has 1 aliphatic heterocycles. The highest BCUT2D eigenvalue weighted by Crippen LogP contribution is 2.37. The second kappa shape index (κ2) is 8.86. The van der Waals surface area contributed by atoms with Crippen molar-refractivity contribution in [3.05, 3.63) is 29.7 Å². The Morgan fingerprint density at radius 3 is 2.48 bits per heavy atom. The molecule has 2 fully saturated rings. The van der Waals surface area contributed by atoms with E-state index < -0.39 is 11.9 Å². The molecule has 9 heteroatoms. The van der Waals surface area contributed by atoms with Gasteiger partial charge in [0, 0.05) is 30.6 Å². The zero-order valence-corrected chi connectivity index (χ0v) is 18.3. The van der Waals surface area contributed by atoms with Crippen molar-refractivity contribution < 1.29 is 17.9 Å². The first-order valence-electron chi connectivity index (χ1n) is 11.1. The van der Waals surface area contributed by atoms with E-state index in [0.29, 0.717) is 12.1 Å². The molecule has 3 heterocycles. The Labute approximate surface area is 180 Å². The van der Waals surface area contributed by atoms with Gasteiger partial charge in [0.15, 0.2) is 5.82 Å². The lowest BCUT2D eigenvalue weighted by Gasteiger charge is -2.42. The predicted octanol–water partition coefficient (Wildman–Crippen LogP) is 4.69. The van der Waals surface area contributed by atoms with E-state index in [2.05, 4.69) is 26.9 Å². The fourth-order valence-corrected chi connectivity index (χ4v) is 4.77.